The summed E-state index contributed by atoms with van der Waals surface area (Å²) in [6.07, 6.45) is 1.10. The third-order valence-corrected chi connectivity index (χ3v) is 6.09. The summed E-state index contributed by atoms with van der Waals surface area (Å²) in [5.41, 5.74) is 1.53. The van der Waals surface area contributed by atoms with E-state index < -0.39 is 15.7 Å². The Morgan fingerprint density at radius 3 is 2.76 bits per heavy atom. The van der Waals surface area contributed by atoms with Gasteiger partial charge in [-0.1, -0.05) is 6.07 Å². The highest BCUT2D eigenvalue weighted by molar-refractivity contribution is 7.90. The van der Waals surface area contributed by atoms with Gasteiger partial charge >= 0.3 is 0 Å². The van der Waals surface area contributed by atoms with Gasteiger partial charge in [0.1, 0.15) is 17.0 Å². The molecule has 0 bridgehead atoms. The summed E-state index contributed by atoms with van der Waals surface area (Å²) in [7, 11) is -1.80. The zero-order valence-electron chi connectivity index (χ0n) is 15.5. The van der Waals surface area contributed by atoms with Crippen LogP contribution in [0.1, 0.15) is 10.4 Å². The number of amides is 1. The van der Waals surface area contributed by atoms with Gasteiger partial charge in [0.2, 0.25) is 0 Å². The maximum absolute atomic E-state index is 12.5. The molecule has 0 aliphatic heterocycles. The lowest BCUT2D eigenvalue weighted by Gasteiger charge is -2.04. The molecule has 0 spiro atoms. The van der Waals surface area contributed by atoms with Gasteiger partial charge in [0, 0.05) is 22.6 Å². The van der Waals surface area contributed by atoms with E-state index in [4.69, 9.17) is 9.15 Å². The van der Waals surface area contributed by atoms with Crippen LogP contribution < -0.4 is 10.1 Å². The van der Waals surface area contributed by atoms with Crippen molar-refractivity contribution >= 4 is 43.2 Å². The van der Waals surface area contributed by atoms with E-state index in [0.717, 1.165) is 17.4 Å². The van der Waals surface area contributed by atoms with Gasteiger partial charge in [-0.25, -0.2) is 13.4 Å². The number of aromatic nitrogens is 1. The van der Waals surface area contributed by atoms with Crippen LogP contribution in [0.2, 0.25) is 0 Å². The van der Waals surface area contributed by atoms with Crippen molar-refractivity contribution < 1.29 is 22.4 Å². The fraction of sp³-hybridized carbons (Fsp3) is 0.100. The number of furan rings is 1. The second kappa shape index (κ2) is 7.34. The standard InChI is InChI=1S/C20H16N2O5S2/c1-26-14-6-7-17-13(8-14)10-18(27-17)16-11-28-20(21-16)22-19(23)12-4-3-5-15(9-12)29(2,24)25/h3-11H,1-2H3,(H,21,22,23). The first-order valence-corrected chi connectivity index (χ1v) is 11.3. The Balaban J connectivity index is 1.56. The monoisotopic (exact) mass is 428 g/mol. The average Bonchev–Trinajstić information content (AvgIpc) is 3.33. The molecule has 0 aliphatic carbocycles. The van der Waals surface area contributed by atoms with Crippen LogP contribution in [0.4, 0.5) is 5.13 Å². The molecule has 0 saturated heterocycles. The van der Waals surface area contributed by atoms with Gasteiger partial charge in [0.15, 0.2) is 20.7 Å². The SMILES string of the molecule is COc1ccc2oc(-c3csc(NC(=O)c4cccc(S(C)(=O)=O)c4)n3)cc2c1. The molecule has 2 heterocycles. The number of methoxy groups -OCH3 is 1. The van der Waals surface area contributed by atoms with Crippen LogP contribution in [0.5, 0.6) is 5.75 Å². The van der Waals surface area contributed by atoms with E-state index in [1.807, 2.05) is 24.3 Å². The average molecular weight is 428 g/mol. The number of hydrogen-bond acceptors (Lipinski definition) is 7. The van der Waals surface area contributed by atoms with Gasteiger partial charge in [-0.15, -0.1) is 11.3 Å². The zero-order valence-corrected chi connectivity index (χ0v) is 17.1. The lowest BCUT2D eigenvalue weighted by Crippen LogP contribution is -2.12. The maximum atomic E-state index is 12.5. The van der Waals surface area contributed by atoms with E-state index in [-0.39, 0.29) is 10.5 Å². The molecular weight excluding hydrogens is 412 g/mol. The number of carbonyl (C=O) groups excluding carboxylic acids is 1. The number of thiazole rings is 1. The van der Waals surface area contributed by atoms with E-state index in [1.165, 1.54) is 29.5 Å². The second-order valence-electron chi connectivity index (χ2n) is 6.31. The van der Waals surface area contributed by atoms with Gasteiger partial charge in [-0.2, -0.15) is 0 Å². The zero-order chi connectivity index (χ0) is 20.6. The van der Waals surface area contributed by atoms with Crippen molar-refractivity contribution in [3.8, 4) is 17.2 Å². The van der Waals surface area contributed by atoms with E-state index in [1.54, 1.807) is 18.6 Å². The highest BCUT2D eigenvalue weighted by Gasteiger charge is 2.15. The molecule has 0 aliphatic rings. The number of nitrogens with one attached hydrogen (secondary N) is 1. The van der Waals surface area contributed by atoms with E-state index in [0.29, 0.717) is 22.2 Å². The van der Waals surface area contributed by atoms with E-state index in [9.17, 15) is 13.2 Å². The molecule has 0 unspecified atom stereocenters. The highest BCUT2D eigenvalue weighted by Crippen LogP contribution is 2.32. The van der Waals surface area contributed by atoms with Crippen molar-refractivity contribution in [3.05, 3.63) is 59.5 Å². The molecule has 0 radical (unpaired) electrons. The second-order valence-corrected chi connectivity index (χ2v) is 9.18. The predicted octanol–water partition coefficient (Wildman–Crippen LogP) is 4.22. The third kappa shape index (κ3) is 4.01. The van der Waals surface area contributed by atoms with E-state index >= 15 is 0 Å². The topological polar surface area (TPSA) is 98.5 Å². The van der Waals surface area contributed by atoms with Crippen LogP contribution in [0.3, 0.4) is 0 Å². The molecule has 2 aromatic carbocycles. The third-order valence-electron chi connectivity index (χ3n) is 4.22. The molecule has 29 heavy (non-hydrogen) atoms. The van der Waals surface area contributed by atoms with Gasteiger partial charge in [-0.05, 0) is 42.5 Å². The van der Waals surface area contributed by atoms with Crippen molar-refractivity contribution in [1.82, 2.24) is 4.98 Å². The van der Waals surface area contributed by atoms with Gasteiger partial charge in [-0.3, -0.25) is 10.1 Å². The first-order valence-electron chi connectivity index (χ1n) is 8.48. The normalized spacial score (nSPS) is 11.5. The molecule has 7 nitrogen and oxygen atoms in total. The number of rotatable bonds is 5. The minimum absolute atomic E-state index is 0.0858. The molecule has 0 saturated carbocycles. The van der Waals surface area contributed by atoms with Crippen LogP contribution >= 0.6 is 11.3 Å². The number of fused-ring (bicyclic) bond motifs is 1. The Kier molecular flexibility index (Phi) is 4.85. The van der Waals surface area contributed by atoms with Gasteiger partial charge in [0.05, 0.1) is 12.0 Å². The quantitative estimate of drug-likeness (QED) is 0.511. The van der Waals surface area contributed by atoms with E-state index in [2.05, 4.69) is 10.3 Å². The van der Waals surface area contributed by atoms with Crippen LogP contribution in [-0.4, -0.2) is 32.7 Å². The number of ether oxygens (including phenoxy) is 1. The van der Waals surface area contributed by atoms with Crippen molar-refractivity contribution in [2.24, 2.45) is 0 Å². The van der Waals surface area contributed by atoms with Crippen molar-refractivity contribution in [1.29, 1.82) is 0 Å². The summed E-state index contributed by atoms with van der Waals surface area (Å²) >= 11 is 1.25. The molecule has 4 aromatic rings. The first-order chi connectivity index (χ1) is 13.8. The first kappa shape index (κ1) is 19.2. The highest BCUT2D eigenvalue weighted by atomic mass is 32.2. The summed E-state index contributed by atoms with van der Waals surface area (Å²) in [5, 5.41) is 5.73. The number of benzene rings is 2. The lowest BCUT2D eigenvalue weighted by atomic mass is 10.2. The van der Waals surface area contributed by atoms with Gasteiger partial charge in [0.25, 0.3) is 5.91 Å². The Morgan fingerprint density at radius 1 is 1.17 bits per heavy atom. The van der Waals surface area contributed by atoms with Crippen LogP contribution in [0.15, 0.2) is 63.2 Å². The fourth-order valence-electron chi connectivity index (χ4n) is 2.76. The minimum Gasteiger partial charge on any atom is -0.497 e. The Hall–Kier alpha value is -3.17. The summed E-state index contributed by atoms with van der Waals surface area (Å²) in [6.45, 7) is 0. The minimum atomic E-state index is -3.40. The summed E-state index contributed by atoms with van der Waals surface area (Å²) in [4.78, 5) is 17.0. The number of anilines is 1. The molecule has 2 aromatic heterocycles. The lowest BCUT2D eigenvalue weighted by molar-refractivity contribution is 0.102. The maximum Gasteiger partial charge on any atom is 0.257 e. The molecule has 1 amide bonds. The predicted molar refractivity (Wildman–Crippen MR) is 111 cm³/mol. The number of carbonyl (C=O) groups is 1. The summed E-state index contributed by atoms with van der Waals surface area (Å²) < 4.78 is 34.4. The molecular formula is C20H16N2O5S2. The van der Waals surface area contributed by atoms with Crippen LogP contribution in [0, 0.1) is 0 Å². The Labute approximate surface area is 170 Å². The number of hydrogen-bond donors (Lipinski definition) is 1. The Bertz CT molecular complexity index is 1320. The largest absolute Gasteiger partial charge is 0.497 e. The van der Waals surface area contributed by atoms with Crippen LogP contribution in [0.25, 0.3) is 22.4 Å². The molecule has 1 N–H and O–H groups in total. The smallest absolute Gasteiger partial charge is 0.257 e. The molecule has 0 atom stereocenters. The molecule has 4 rings (SSSR count). The number of sulfone groups is 1. The molecule has 148 valence electrons. The summed E-state index contributed by atoms with van der Waals surface area (Å²) in [5.74, 6) is 0.863. The van der Waals surface area contributed by atoms with Gasteiger partial charge < -0.3 is 9.15 Å². The Morgan fingerprint density at radius 2 is 2.00 bits per heavy atom. The molecule has 0 fully saturated rings. The van der Waals surface area contributed by atoms with Crippen molar-refractivity contribution in [2.45, 2.75) is 4.90 Å². The molecule has 9 heteroatoms. The van der Waals surface area contributed by atoms with Crippen molar-refractivity contribution in [3.63, 3.8) is 0 Å². The fourth-order valence-corrected chi connectivity index (χ4v) is 4.12. The summed E-state index contributed by atoms with van der Waals surface area (Å²) in [6, 6.07) is 13.2. The van der Waals surface area contributed by atoms with Crippen LogP contribution in [-0.2, 0) is 9.84 Å². The number of nitrogens with zero attached hydrogens (tertiary/aromatic N) is 1. The van der Waals surface area contributed by atoms with Crippen molar-refractivity contribution in [2.75, 3.05) is 18.7 Å².